The minimum absolute atomic E-state index is 0.0955. The summed E-state index contributed by atoms with van der Waals surface area (Å²) in [4.78, 5) is -1.08. The van der Waals surface area contributed by atoms with Gasteiger partial charge in [-0.1, -0.05) is 0 Å². The summed E-state index contributed by atoms with van der Waals surface area (Å²) in [6.45, 7) is 0. The molecule has 0 atom stereocenters. The lowest BCUT2D eigenvalue weighted by Gasteiger charge is -2.08. The van der Waals surface area contributed by atoms with Gasteiger partial charge in [0.2, 0.25) is 0 Å². The van der Waals surface area contributed by atoms with E-state index in [1.165, 1.54) is 17.1 Å². The number of hydrogen-bond acceptors (Lipinski definition) is 4. The topological polar surface area (TPSA) is 90.0 Å². The number of nitrogen functional groups attached to an aromatic ring is 1. The standard InChI is InChI=1S/C10H10F2N4O2S/c1-16-5-7(4-14-16)15-19(17,18)10-8(11)2-6(13)3-9(10)12/h2-5,15H,13H2,1H3. The average Bonchev–Trinajstić information content (AvgIpc) is 2.60. The minimum Gasteiger partial charge on any atom is -0.399 e. The first-order chi connectivity index (χ1) is 8.79. The Kier molecular flexibility index (Phi) is 3.14. The highest BCUT2D eigenvalue weighted by molar-refractivity contribution is 7.92. The molecule has 0 bridgehead atoms. The van der Waals surface area contributed by atoms with Gasteiger partial charge in [0.1, 0.15) is 11.6 Å². The molecule has 2 aromatic rings. The summed E-state index contributed by atoms with van der Waals surface area (Å²) in [5.74, 6) is -2.51. The van der Waals surface area contributed by atoms with Crippen molar-refractivity contribution in [1.82, 2.24) is 9.78 Å². The maximum absolute atomic E-state index is 13.6. The van der Waals surface area contributed by atoms with Gasteiger partial charge >= 0.3 is 0 Å². The summed E-state index contributed by atoms with van der Waals surface area (Å²) in [6, 6.07) is 1.47. The van der Waals surface area contributed by atoms with Crippen molar-refractivity contribution >= 4 is 21.4 Å². The number of aromatic nitrogens is 2. The van der Waals surface area contributed by atoms with E-state index in [0.717, 1.165) is 12.1 Å². The van der Waals surface area contributed by atoms with E-state index in [-0.39, 0.29) is 11.4 Å². The normalized spacial score (nSPS) is 11.5. The van der Waals surface area contributed by atoms with Gasteiger partial charge in [0, 0.05) is 18.9 Å². The third-order valence-corrected chi connectivity index (χ3v) is 3.68. The van der Waals surface area contributed by atoms with Crippen molar-refractivity contribution in [3.8, 4) is 0 Å². The zero-order valence-corrected chi connectivity index (χ0v) is 10.6. The van der Waals surface area contributed by atoms with Crippen LogP contribution in [0.2, 0.25) is 0 Å². The number of hydrogen-bond donors (Lipinski definition) is 2. The van der Waals surface area contributed by atoms with Gasteiger partial charge in [-0.05, 0) is 12.1 Å². The summed E-state index contributed by atoms with van der Waals surface area (Å²) in [6.07, 6.45) is 2.56. The van der Waals surface area contributed by atoms with Gasteiger partial charge in [-0.15, -0.1) is 0 Å². The van der Waals surface area contributed by atoms with Crippen LogP contribution in [0, 0.1) is 11.6 Å². The molecule has 1 aromatic carbocycles. The zero-order valence-electron chi connectivity index (χ0n) is 9.76. The summed E-state index contributed by atoms with van der Waals surface area (Å²) in [5, 5.41) is 3.74. The number of anilines is 2. The molecule has 6 nitrogen and oxygen atoms in total. The molecule has 1 heterocycles. The van der Waals surface area contributed by atoms with Crippen molar-refractivity contribution in [1.29, 1.82) is 0 Å². The molecule has 9 heteroatoms. The summed E-state index contributed by atoms with van der Waals surface area (Å²) < 4.78 is 54.3. The van der Waals surface area contributed by atoms with Gasteiger partial charge in [-0.2, -0.15) is 5.10 Å². The highest BCUT2D eigenvalue weighted by Gasteiger charge is 2.25. The van der Waals surface area contributed by atoms with Crippen LogP contribution in [0.1, 0.15) is 0 Å². The quantitative estimate of drug-likeness (QED) is 0.827. The molecule has 0 fully saturated rings. The fourth-order valence-corrected chi connectivity index (χ4v) is 2.67. The molecule has 2 rings (SSSR count). The van der Waals surface area contributed by atoms with Crippen molar-refractivity contribution in [2.75, 3.05) is 10.5 Å². The number of aryl methyl sites for hydroxylation is 1. The molecule has 3 N–H and O–H groups in total. The SMILES string of the molecule is Cn1cc(NS(=O)(=O)c2c(F)cc(N)cc2F)cn1. The van der Waals surface area contributed by atoms with Gasteiger partial charge in [-0.25, -0.2) is 17.2 Å². The second kappa shape index (κ2) is 4.50. The van der Waals surface area contributed by atoms with Crippen molar-refractivity contribution in [2.45, 2.75) is 4.90 Å². The second-order valence-corrected chi connectivity index (χ2v) is 5.44. The van der Waals surface area contributed by atoms with Crippen LogP contribution in [0.5, 0.6) is 0 Å². The monoisotopic (exact) mass is 288 g/mol. The number of nitrogens with two attached hydrogens (primary N) is 1. The van der Waals surface area contributed by atoms with Crippen molar-refractivity contribution in [2.24, 2.45) is 7.05 Å². The van der Waals surface area contributed by atoms with E-state index < -0.39 is 26.6 Å². The number of rotatable bonds is 3. The first-order valence-electron chi connectivity index (χ1n) is 5.05. The Morgan fingerprint density at radius 2 is 1.89 bits per heavy atom. The molecular formula is C10H10F2N4O2S. The molecule has 0 aliphatic carbocycles. The number of benzene rings is 1. The van der Waals surface area contributed by atoms with E-state index in [0.29, 0.717) is 0 Å². The average molecular weight is 288 g/mol. The van der Waals surface area contributed by atoms with Crippen LogP contribution in [0.25, 0.3) is 0 Å². The predicted molar refractivity (Wildman–Crippen MR) is 64.8 cm³/mol. The summed E-state index contributed by atoms with van der Waals surface area (Å²) in [5.41, 5.74) is 5.12. The Morgan fingerprint density at radius 3 is 2.37 bits per heavy atom. The molecule has 0 aliphatic heterocycles. The molecule has 0 saturated heterocycles. The number of halogens is 2. The van der Waals surface area contributed by atoms with Crippen LogP contribution in [0.4, 0.5) is 20.2 Å². The molecule has 0 amide bonds. The second-order valence-electron chi connectivity index (χ2n) is 3.82. The van der Waals surface area contributed by atoms with Crippen molar-refractivity contribution in [3.05, 3.63) is 36.2 Å². The maximum Gasteiger partial charge on any atom is 0.267 e. The zero-order chi connectivity index (χ0) is 14.2. The molecule has 0 unspecified atom stereocenters. The number of nitrogens with one attached hydrogen (secondary N) is 1. The van der Waals surface area contributed by atoms with E-state index in [1.54, 1.807) is 7.05 Å². The van der Waals surface area contributed by atoms with Crippen LogP contribution >= 0.6 is 0 Å². The summed E-state index contributed by atoms with van der Waals surface area (Å²) >= 11 is 0. The van der Waals surface area contributed by atoms with E-state index in [1.807, 2.05) is 4.72 Å². The number of nitrogens with zero attached hydrogens (tertiary/aromatic N) is 2. The van der Waals surface area contributed by atoms with Crippen molar-refractivity contribution < 1.29 is 17.2 Å². The van der Waals surface area contributed by atoms with Crippen molar-refractivity contribution in [3.63, 3.8) is 0 Å². The van der Waals surface area contributed by atoms with Gasteiger partial charge in [0.05, 0.1) is 11.9 Å². The Bertz CT molecular complexity index is 704. The van der Waals surface area contributed by atoms with Crippen LogP contribution in [0.15, 0.2) is 29.4 Å². The van der Waals surface area contributed by atoms with Crippen LogP contribution in [-0.2, 0) is 17.1 Å². The van der Waals surface area contributed by atoms with Gasteiger partial charge < -0.3 is 5.73 Å². The number of sulfonamides is 1. The lowest BCUT2D eigenvalue weighted by Crippen LogP contribution is -2.16. The molecule has 0 saturated carbocycles. The Balaban J connectivity index is 2.45. The molecule has 19 heavy (non-hydrogen) atoms. The van der Waals surface area contributed by atoms with E-state index in [2.05, 4.69) is 5.10 Å². The Hall–Kier alpha value is -2.16. The highest BCUT2D eigenvalue weighted by atomic mass is 32.2. The third kappa shape index (κ3) is 2.65. The van der Waals surface area contributed by atoms with Gasteiger partial charge in [0.15, 0.2) is 4.90 Å². The fraction of sp³-hybridized carbons (Fsp3) is 0.100. The molecule has 102 valence electrons. The van der Waals surface area contributed by atoms with Gasteiger partial charge in [-0.3, -0.25) is 9.40 Å². The van der Waals surface area contributed by atoms with Gasteiger partial charge in [0.25, 0.3) is 10.0 Å². The molecule has 0 radical (unpaired) electrons. The Morgan fingerprint density at radius 1 is 1.32 bits per heavy atom. The molecule has 0 aliphatic rings. The summed E-state index contributed by atoms with van der Waals surface area (Å²) in [7, 11) is -2.82. The van der Waals surface area contributed by atoms with Crippen LogP contribution in [-0.4, -0.2) is 18.2 Å². The lowest BCUT2D eigenvalue weighted by molar-refractivity contribution is 0.522. The first-order valence-corrected chi connectivity index (χ1v) is 6.54. The molecular weight excluding hydrogens is 278 g/mol. The lowest BCUT2D eigenvalue weighted by atomic mass is 10.3. The minimum atomic E-state index is -4.39. The van der Waals surface area contributed by atoms with E-state index in [9.17, 15) is 17.2 Å². The largest absolute Gasteiger partial charge is 0.399 e. The molecule has 1 aromatic heterocycles. The van der Waals surface area contributed by atoms with E-state index in [4.69, 9.17) is 5.73 Å². The maximum atomic E-state index is 13.6. The van der Waals surface area contributed by atoms with E-state index >= 15 is 0 Å². The highest BCUT2D eigenvalue weighted by Crippen LogP contribution is 2.23. The Labute approximate surface area is 107 Å². The molecule has 0 spiro atoms. The van der Waals surface area contributed by atoms with Crippen LogP contribution in [0.3, 0.4) is 0 Å². The predicted octanol–water partition coefficient (Wildman–Crippen LogP) is 1.08. The third-order valence-electron chi connectivity index (χ3n) is 2.25. The smallest absolute Gasteiger partial charge is 0.267 e. The van der Waals surface area contributed by atoms with Crippen LogP contribution < -0.4 is 10.5 Å². The first kappa shape index (κ1) is 13.3. The fourth-order valence-electron chi connectivity index (χ4n) is 1.52.